The minimum atomic E-state index is -0.0346. The van der Waals surface area contributed by atoms with Crippen molar-refractivity contribution in [1.29, 1.82) is 0 Å². The van der Waals surface area contributed by atoms with E-state index >= 15 is 0 Å². The maximum Gasteiger partial charge on any atom is 0.305 e. The number of hydrogen-bond donors (Lipinski definition) is 0. The molecule has 1 rings (SSSR count). The lowest BCUT2D eigenvalue weighted by Crippen LogP contribution is -2.19. The highest BCUT2D eigenvalue weighted by molar-refractivity contribution is 5.69. The fraction of sp³-hybridized carbons (Fsp3) is 0.941. The molecule has 0 spiro atoms. The van der Waals surface area contributed by atoms with Gasteiger partial charge in [0.05, 0.1) is 6.61 Å². The molecule has 0 bridgehead atoms. The maximum absolute atomic E-state index is 11.3. The van der Waals surface area contributed by atoms with E-state index in [9.17, 15) is 4.79 Å². The number of unbranched alkanes of at least 4 members (excludes halogenated alkanes) is 1. The van der Waals surface area contributed by atoms with Crippen LogP contribution < -0.4 is 0 Å². The summed E-state index contributed by atoms with van der Waals surface area (Å²) >= 11 is 0. The van der Waals surface area contributed by atoms with E-state index in [0.717, 1.165) is 18.8 Å². The van der Waals surface area contributed by atoms with Crippen LogP contribution >= 0.6 is 0 Å². The van der Waals surface area contributed by atoms with E-state index in [1.165, 1.54) is 44.9 Å². The Balaban J connectivity index is 2.13. The third-order valence-corrected chi connectivity index (χ3v) is 4.36. The lowest BCUT2D eigenvalue weighted by molar-refractivity contribution is -0.143. The van der Waals surface area contributed by atoms with Crippen molar-refractivity contribution in [2.24, 2.45) is 11.3 Å². The fourth-order valence-electron chi connectivity index (χ4n) is 3.38. The van der Waals surface area contributed by atoms with Crippen molar-refractivity contribution in [2.45, 2.75) is 85.0 Å². The predicted octanol–water partition coefficient (Wildman–Crippen LogP) is 5.11. The van der Waals surface area contributed by atoms with Gasteiger partial charge in [-0.2, -0.15) is 0 Å². The van der Waals surface area contributed by atoms with Gasteiger partial charge in [0.15, 0.2) is 0 Å². The van der Waals surface area contributed by atoms with Crippen molar-refractivity contribution in [1.82, 2.24) is 0 Å². The molecular weight excluding hydrogens is 236 g/mol. The van der Waals surface area contributed by atoms with Crippen LogP contribution in [-0.4, -0.2) is 12.6 Å². The Hall–Kier alpha value is -0.530. The van der Waals surface area contributed by atoms with Crippen LogP contribution in [0.3, 0.4) is 0 Å². The van der Waals surface area contributed by atoms with Gasteiger partial charge in [-0.15, -0.1) is 0 Å². The van der Waals surface area contributed by atoms with Gasteiger partial charge in [0.2, 0.25) is 0 Å². The average molecular weight is 268 g/mol. The first-order chi connectivity index (χ1) is 9.03. The summed E-state index contributed by atoms with van der Waals surface area (Å²) in [6.45, 7) is 7.16. The van der Waals surface area contributed by atoms with Crippen molar-refractivity contribution in [2.75, 3.05) is 6.61 Å². The fourth-order valence-corrected chi connectivity index (χ4v) is 3.38. The number of rotatable bonds is 8. The lowest BCUT2D eigenvalue weighted by atomic mass is 9.74. The molecule has 0 aromatic heterocycles. The van der Waals surface area contributed by atoms with Crippen LogP contribution in [0.5, 0.6) is 0 Å². The summed E-state index contributed by atoms with van der Waals surface area (Å²) < 4.78 is 4.96. The molecule has 2 nitrogen and oxygen atoms in total. The molecule has 0 aromatic rings. The molecule has 112 valence electrons. The van der Waals surface area contributed by atoms with Gasteiger partial charge in [-0.05, 0) is 37.5 Å². The van der Waals surface area contributed by atoms with Crippen LogP contribution in [0.1, 0.15) is 85.0 Å². The summed E-state index contributed by atoms with van der Waals surface area (Å²) in [4.78, 5) is 11.3. The van der Waals surface area contributed by atoms with Gasteiger partial charge in [-0.25, -0.2) is 0 Å². The predicted molar refractivity (Wildman–Crippen MR) is 80.1 cm³/mol. The second kappa shape index (κ2) is 8.60. The number of carbonyl (C=O) groups excluding carboxylic acids is 1. The molecule has 0 atom stereocenters. The normalized spacial score (nSPS) is 17.4. The van der Waals surface area contributed by atoms with Crippen molar-refractivity contribution >= 4 is 5.97 Å². The van der Waals surface area contributed by atoms with E-state index in [-0.39, 0.29) is 5.97 Å². The molecule has 1 aliphatic rings. The van der Waals surface area contributed by atoms with Crippen LogP contribution in [0.4, 0.5) is 0 Å². The summed E-state index contributed by atoms with van der Waals surface area (Å²) in [5.74, 6) is 0.918. The van der Waals surface area contributed by atoms with E-state index < -0.39 is 0 Å². The molecule has 0 amide bonds. The SMILES string of the molecule is CCOC(=O)CCCCC(C)(C)CC1CCCCC1. The van der Waals surface area contributed by atoms with E-state index in [2.05, 4.69) is 13.8 Å². The molecular formula is C17H32O2. The van der Waals surface area contributed by atoms with Gasteiger partial charge >= 0.3 is 5.97 Å². The highest BCUT2D eigenvalue weighted by atomic mass is 16.5. The standard InChI is InChI=1S/C17H32O2/c1-4-19-16(18)12-8-9-13-17(2,3)14-15-10-6-5-7-11-15/h15H,4-14H2,1-3H3. The van der Waals surface area contributed by atoms with E-state index in [1.54, 1.807) is 0 Å². The van der Waals surface area contributed by atoms with Crippen molar-refractivity contribution in [3.05, 3.63) is 0 Å². The van der Waals surface area contributed by atoms with Crippen molar-refractivity contribution < 1.29 is 9.53 Å². The molecule has 0 radical (unpaired) electrons. The largest absolute Gasteiger partial charge is 0.466 e. The molecule has 0 aromatic carbocycles. The highest BCUT2D eigenvalue weighted by Crippen LogP contribution is 2.37. The van der Waals surface area contributed by atoms with Crippen LogP contribution in [0.2, 0.25) is 0 Å². The van der Waals surface area contributed by atoms with Gasteiger partial charge in [0.1, 0.15) is 0 Å². The summed E-state index contributed by atoms with van der Waals surface area (Å²) in [6, 6.07) is 0. The summed E-state index contributed by atoms with van der Waals surface area (Å²) in [5.41, 5.74) is 0.441. The maximum atomic E-state index is 11.3. The molecule has 1 aliphatic carbocycles. The third kappa shape index (κ3) is 7.59. The van der Waals surface area contributed by atoms with Crippen molar-refractivity contribution in [3.8, 4) is 0 Å². The van der Waals surface area contributed by atoms with E-state index in [4.69, 9.17) is 4.74 Å². The first-order valence-corrected chi connectivity index (χ1v) is 8.19. The van der Waals surface area contributed by atoms with E-state index in [1.807, 2.05) is 6.92 Å². The van der Waals surface area contributed by atoms with Crippen LogP contribution in [-0.2, 0) is 9.53 Å². The minimum absolute atomic E-state index is 0.0346. The number of esters is 1. The highest BCUT2D eigenvalue weighted by Gasteiger charge is 2.24. The third-order valence-electron chi connectivity index (χ3n) is 4.36. The van der Waals surface area contributed by atoms with E-state index in [0.29, 0.717) is 18.4 Å². The lowest BCUT2D eigenvalue weighted by Gasteiger charge is -2.32. The van der Waals surface area contributed by atoms with Gasteiger partial charge in [-0.1, -0.05) is 52.4 Å². The zero-order chi connectivity index (χ0) is 14.1. The Kier molecular flexibility index (Phi) is 7.48. The second-order valence-electron chi connectivity index (χ2n) is 6.88. The molecule has 0 saturated heterocycles. The van der Waals surface area contributed by atoms with Crippen LogP contribution in [0, 0.1) is 11.3 Å². The Bertz CT molecular complexity index is 252. The molecule has 0 N–H and O–H groups in total. The summed E-state index contributed by atoms with van der Waals surface area (Å²) in [6.07, 6.45) is 12.5. The molecule has 19 heavy (non-hydrogen) atoms. The zero-order valence-corrected chi connectivity index (χ0v) is 13.2. The van der Waals surface area contributed by atoms with Gasteiger partial charge in [0, 0.05) is 6.42 Å². The Morgan fingerprint density at radius 3 is 2.47 bits per heavy atom. The number of hydrogen-bond acceptors (Lipinski definition) is 2. The van der Waals surface area contributed by atoms with Gasteiger partial charge in [0.25, 0.3) is 0 Å². The van der Waals surface area contributed by atoms with Gasteiger partial charge in [-0.3, -0.25) is 4.79 Å². The molecule has 1 saturated carbocycles. The smallest absolute Gasteiger partial charge is 0.305 e. The van der Waals surface area contributed by atoms with Crippen LogP contribution in [0.15, 0.2) is 0 Å². The van der Waals surface area contributed by atoms with Crippen LogP contribution in [0.25, 0.3) is 0 Å². The zero-order valence-electron chi connectivity index (χ0n) is 13.2. The number of ether oxygens (including phenoxy) is 1. The number of carbonyl (C=O) groups is 1. The summed E-state index contributed by atoms with van der Waals surface area (Å²) in [5, 5.41) is 0. The Morgan fingerprint density at radius 2 is 1.84 bits per heavy atom. The monoisotopic (exact) mass is 268 g/mol. The molecule has 2 heteroatoms. The van der Waals surface area contributed by atoms with Crippen molar-refractivity contribution in [3.63, 3.8) is 0 Å². The Morgan fingerprint density at radius 1 is 1.16 bits per heavy atom. The molecule has 0 aliphatic heterocycles. The minimum Gasteiger partial charge on any atom is -0.466 e. The molecule has 0 heterocycles. The summed E-state index contributed by atoms with van der Waals surface area (Å²) in [7, 11) is 0. The average Bonchev–Trinajstić information content (AvgIpc) is 2.36. The molecule has 0 unspecified atom stereocenters. The first kappa shape index (κ1) is 16.5. The Labute approximate surface area is 119 Å². The second-order valence-corrected chi connectivity index (χ2v) is 6.88. The topological polar surface area (TPSA) is 26.3 Å². The van der Waals surface area contributed by atoms with Gasteiger partial charge < -0.3 is 4.74 Å². The quantitative estimate of drug-likeness (QED) is 0.452. The molecule has 1 fully saturated rings. The first-order valence-electron chi connectivity index (χ1n) is 8.19.